The minimum atomic E-state index is -0.510. The van der Waals surface area contributed by atoms with Crippen LogP contribution in [0.15, 0.2) is 48.5 Å². The Kier molecular flexibility index (Phi) is 8.72. The maximum Gasteiger partial charge on any atom is 0.319 e. The summed E-state index contributed by atoms with van der Waals surface area (Å²) < 4.78 is 5.23. The molecule has 2 rings (SSSR count). The number of hydrogen-bond acceptors (Lipinski definition) is 4. The molecule has 2 aromatic carbocycles. The Morgan fingerprint density at radius 1 is 0.967 bits per heavy atom. The smallest absolute Gasteiger partial charge is 0.319 e. The lowest BCUT2D eigenvalue weighted by atomic mass is 9.87. The van der Waals surface area contributed by atoms with Gasteiger partial charge >= 0.3 is 5.97 Å². The number of carbonyl (C=O) groups is 2. The molecule has 0 aliphatic carbocycles. The Bertz CT molecular complexity index is 830. The van der Waals surface area contributed by atoms with Gasteiger partial charge in [0, 0.05) is 17.7 Å². The molecule has 0 unspecified atom stereocenters. The van der Waals surface area contributed by atoms with Gasteiger partial charge in [-0.2, -0.15) is 0 Å². The zero-order valence-corrected chi connectivity index (χ0v) is 19.8. The van der Waals surface area contributed by atoms with E-state index in [-0.39, 0.29) is 23.6 Å². The van der Waals surface area contributed by atoms with Gasteiger partial charge in [0.2, 0.25) is 0 Å². The largest absolute Gasteiger partial charge is 0.465 e. The second-order valence-electron chi connectivity index (χ2n) is 8.90. The van der Waals surface area contributed by atoms with Gasteiger partial charge in [0.25, 0.3) is 0 Å². The van der Waals surface area contributed by atoms with Gasteiger partial charge in [-0.25, -0.2) is 0 Å². The van der Waals surface area contributed by atoms with Crippen molar-refractivity contribution in [3.8, 4) is 0 Å². The Labute approximate surface area is 185 Å². The van der Waals surface area contributed by atoms with Crippen LogP contribution < -0.4 is 0 Å². The molecule has 0 N–H and O–H groups in total. The average molecular weight is 427 g/mol. The number of thioether (sulfide) groups is 1. The van der Waals surface area contributed by atoms with Crippen molar-refractivity contribution in [3.05, 3.63) is 70.8 Å². The fraction of sp³-hybridized carbons (Fsp3) is 0.462. The third kappa shape index (κ3) is 7.02. The van der Waals surface area contributed by atoms with Crippen molar-refractivity contribution in [2.24, 2.45) is 0 Å². The van der Waals surface area contributed by atoms with E-state index in [4.69, 9.17) is 4.74 Å². The third-order valence-electron chi connectivity index (χ3n) is 5.09. The Balaban J connectivity index is 2.06. The maximum absolute atomic E-state index is 12.8. The number of benzene rings is 2. The number of esters is 1. The lowest BCUT2D eigenvalue weighted by molar-refractivity contribution is -0.142. The molecule has 2 aromatic rings. The van der Waals surface area contributed by atoms with Gasteiger partial charge in [0.1, 0.15) is 5.25 Å². The van der Waals surface area contributed by atoms with Crippen molar-refractivity contribution in [1.82, 2.24) is 0 Å². The van der Waals surface area contributed by atoms with Crippen molar-refractivity contribution in [1.29, 1.82) is 0 Å². The first-order chi connectivity index (χ1) is 14.1. The van der Waals surface area contributed by atoms with Crippen molar-refractivity contribution in [2.75, 3.05) is 6.61 Å². The van der Waals surface area contributed by atoms with E-state index in [9.17, 15) is 9.59 Å². The quantitative estimate of drug-likeness (QED) is 0.337. The maximum atomic E-state index is 12.8. The van der Waals surface area contributed by atoms with Gasteiger partial charge in [0.05, 0.1) is 6.61 Å². The van der Waals surface area contributed by atoms with Crippen LogP contribution in [0.3, 0.4) is 0 Å². The predicted octanol–water partition coefficient (Wildman–Crippen LogP) is 6.55. The summed E-state index contributed by atoms with van der Waals surface area (Å²) in [5.74, 6) is 0.731. The van der Waals surface area contributed by atoms with E-state index in [2.05, 4.69) is 58.9 Å². The lowest BCUT2D eigenvalue weighted by Gasteiger charge is -2.19. The summed E-state index contributed by atoms with van der Waals surface area (Å²) in [5, 5.41) is -0.510. The molecule has 4 heteroatoms. The van der Waals surface area contributed by atoms with Crippen molar-refractivity contribution in [3.63, 3.8) is 0 Å². The van der Waals surface area contributed by atoms with Gasteiger partial charge in [-0.15, -0.1) is 11.8 Å². The molecular formula is C26H34O3S. The van der Waals surface area contributed by atoms with Crippen LogP contribution in [0.25, 0.3) is 0 Å². The molecule has 0 aliphatic rings. The molecule has 0 spiro atoms. The first-order valence-corrected chi connectivity index (χ1v) is 11.7. The van der Waals surface area contributed by atoms with Crippen molar-refractivity contribution >= 4 is 23.5 Å². The molecule has 0 heterocycles. The fourth-order valence-corrected chi connectivity index (χ4v) is 4.14. The summed E-state index contributed by atoms with van der Waals surface area (Å²) in [6, 6.07) is 16.2. The summed E-state index contributed by atoms with van der Waals surface area (Å²) in [6.07, 6.45) is 0.143. The first-order valence-electron chi connectivity index (χ1n) is 10.6. The summed E-state index contributed by atoms with van der Waals surface area (Å²) in [6.45, 7) is 12.9. The molecule has 30 heavy (non-hydrogen) atoms. The zero-order chi connectivity index (χ0) is 22.3. The number of ether oxygens (including phenoxy) is 1. The van der Waals surface area contributed by atoms with Crippen LogP contribution in [-0.4, -0.2) is 23.6 Å². The normalized spacial score (nSPS) is 12.6. The summed E-state index contributed by atoms with van der Waals surface area (Å²) in [5.41, 5.74) is 4.36. The van der Waals surface area contributed by atoms with Gasteiger partial charge in [-0.3, -0.25) is 9.59 Å². The molecule has 0 bridgehead atoms. The van der Waals surface area contributed by atoms with Crippen molar-refractivity contribution in [2.45, 2.75) is 70.3 Å². The standard InChI is InChI=1S/C26H34O3S/c1-7-29-25(28)24(16-23(27)21-12-10-20(11-13-21)18(2)3)30-17-19-8-14-22(15-9-19)26(4,5)6/h8-15,18,24H,7,16-17H2,1-6H3/t24-/m0/s1. The van der Waals surface area contributed by atoms with Gasteiger partial charge in [0.15, 0.2) is 5.78 Å². The highest BCUT2D eigenvalue weighted by Crippen LogP contribution is 2.27. The minimum absolute atomic E-state index is 0.0288. The summed E-state index contributed by atoms with van der Waals surface area (Å²) >= 11 is 1.47. The summed E-state index contributed by atoms with van der Waals surface area (Å²) in [4.78, 5) is 25.3. The number of carbonyl (C=O) groups excluding carboxylic acids is 2. The second kappa shape index (κ2) is 10.8. The highest BCUT2D eigenvalue weighted by molar-refractivity contribution is 7.99. The molecule has 0 saturated carbocycles. The Morgan fingerprint density at radius 2 is 1.57 bits per heavy atom. The monoisotopic (exact) mass is 426 g/mol. The topological polar surface area (TPSA) is 43.4 Å². The summed E-state index contributed by atoms with van der Waals surface area (Å²) in [7, 11) is 0. The number of Topliss-reactive ketones (excluding diaryl/α,β-unsaturated/α-hetero) is 1. The van der Waals surface area contributed by atoms with E-state index in [0.717, 1.165) is 5.56 Å². The fourth-order valence-electron chi connectivity index (χ4n) is 3.08. The van der Waals surface area contributed by atoms with Crippen LogP contribution in [-0.2, 0) is 20.7 Å². The van der Waals surface area contributed by atoms with Gasteiger partial charge < -0.3 is 4.74 Å². The molecular weight excluding hydrogens is 392 g/mol. The molecule has 0 aromatic heterocycles. The number of rotatable bonds is 9. The number of hydrogen-bond donors (Lipinski definition) is 0. The molecule has 162 valence electrons. The molecule has 0 fully saturated rings. The van der Waals surface area contributed by atoms with Crippen molar-refractivity contribution < 1.29 is 14.3 Å². The minimum Gasteiger partial charge on any atom is -0.465 e. The number of ketones is 1. The van der Waals surface area contributed by atoms with Crippen LogP contribution in [0.2, 0.25) is 0 Å². The first kappa shape index (κ1) is 24.2. The van der Waals surface area contributed by atoms with Gasteiger partial charge in [-0.05, 0) is 34.9 Å². The van der Waals surface area contributed by atoms with E-state index in [1.54, 1.807) is 6.92 Å². The average Bonchev–Trinajstić information content (AvgIpc) is 2.70. The van der Waals surface area contributed by atoms with Crippen LogP contribution in [0, 0.1) is 0 Å². The molecule has 0 radical (unpaired) electrons. The molecule has 1 atom stereocenters. The Hall–Kier alpha value is -2.07. The van der Waals surface area contributed by atoms with E-state index >= 15 is 0 Å². The van der Waals surface area contributed by atoms with E-state index in [1.165, 1.54) is 22.9 Å². The third-order valence-corrected chi connectivity index (χ3v) is 6.35. The highest BCUT2D eigenvalue weighted by atomic mass is 32.2. The van der Waals surface area contributed by atoms with Crippen LogP contribution in [0.4, 0.5) is 0 Å². The SMILES string of the molecule is CCOC(=O)[C@H](CC(=O)c1ccc(C(C)C)cc1)SCc1ccc(C(C)(C)C)cc1. The lowest BCUT2D eigenvalue weighted by Crippen LogP contribution is -2.24. The van der Waals surface area contributed by atoms with Crippen LogP contribution in [0.1, 0.15) is 80.9 Å². The van der Waals surface area contributed by atoms with E-state index in [0.29, 0.717) is 23.8 Å². The Morgan fingerprint density at radius 3 is 2.07 bits per heavy atom. The van der Waals surface area contributed by atoms with E-state index < -0.39 is 5.25 Å². The second-order valence-corrected chi connectivity index (χ2v) is 10.1. The molecule has 0 saturated heterocycles. The highest BCUT2D eigenvalue weighted by Gasteiger charge is 2.24. The zero-order valence-electron chi connectivity index (χ0n) is 19.0. The van der Waals surface area contributed by atoms with Gasteiger partial charge in [-0.1, -0.05) is 83.1 Å². The molecule has 0 amide bonds. The van der Waals surface area contributed by atoms with Crippen LogP contribution in [0.5, 0.6) is 0 Å². The molecule has 3 nitrogen and oxygen atoms in total. The molecule has 0 aliphatic heterocycles. The van der Waals surface area contributed by atoms with E-state index in [1.807, 2.05) is 24.3 Å². The van der Waals surface area contributed by atoms with Crippen LogP contribution >= 0.6 is 11.8 Å². The predicted molar refractivity (Wildman–Crippen MR) is 126 cm³/mol.